The lowest BCUT2D eigenvalue weighted by Gasteiger charge is -2.07. The van der Waals surface area contributed by atoms with Crippen molar-refractivity contribution in [1.29, 1.82) is 0 Å². The quantitative estimate of drug-likeness (QED) is 0.584. The molecule has 0 fully saturated rings. The molecule has 0 saturated heterocycles. The lowest BCUT2D eigenvalue weighted by Crippen LogP contribution is -1.99. The van der Waals surface area contributed by atoms with Gasteiger partial charge in [-0.25, -0.2) is 19.9 Å². The third kappa shape index (κ3) is 2.35. The molecule has 0 radical (unpaired) electrons. The minimum atomic E-state index is 0.194. The van der Waals surface area contributed by atoms with Gasteiger partial charge in [0.25, 0.3) is 0 Å². The summed E-state index contributed by atoms with van der Waals surface area (Å²) in [5, 5.41) is 0.685. The molecule has 100 valence electrons. The second kappa shape index (κ2) is 5.30. The molecule has 0 spiro atoms. The Morgan fingerprint density at radius 2 is 2.10 bits per heavy atom. The zero-order chi connectivity index (χ0) is 13.9. The summed E-state index contributed by atoms with van der Waals surface area (Å²) < 4.78 is 5.40. The first-order valence-corrected chi connectivity index (χ1v) is 7.04. The number of hydrogen-bond donors (Lipinski definition) is 1. The molecule has 6 nitrogen and oxygen atoms in total. The lowest BCUT2D eigenvalue weighted by molar-refractivity contribution is 0.580. The molecule has 20 heavy (non-hydrogen) atoms. The molecular weight excluding hydrogens is 274 g/mol. The number of rotatable bonds is 3. The van der Waals surface area contributed by atoms with Crippen LogP contribution in [0.3, 0.4) is 0 Å². The van der Waals surface area contributed by atoms with Crippen molar-refractivity contribution < 1.29 is 4.42 Å². The van der Waals surface area contributed by atoms with Crippen LogP contribution in [0, 0.1) is 0 Å². The molecular formula is C13H11N5OS. The van der Waals surface area contributed by atoms with Crippen molar-refractivity contribution in [3.63, 3.8) is 0 Å². The van der Waals surface area contributed by atoms with Crippen LogP contribution in [0.15, 0.2) is 46.4 Å². The maximum Gasteiger partial charge on any atom is 0.220 e. The largest absolute Gasteiger partial charge is 0.463 e. The van der Waals surface area contributed by atoms with Crippen molar-refractivity contribution in [1.82, 2.24) is 19.9 Å². The summed E-state index contributed by atoms with van der Waals surface area (Å²) in [5.41, 5.74) is 7.77. The van der Waals surface area contributed by atoms with Gasteiger partial charge < -0.3 is 10.2 Å². The van der Waals surface area contributed by atoms with Gasteiger partial charge in [-0.1, -0.05) is 11.8 Å². The van der Waals surface area contributed by atoms with E-state index in [0.717, 1.165) is 11.3 Å². The van der Waals surface area contributed by atoms with E-state index in [0.29, 0.717) is 16.6 Å². The Labute approximate surface area is 119 Å². The minimum Gasteiger partial charge on any atom is -0.463 e. The van der Waals surface area contributed by atoms with Crippen molar-refractivity contribution in [3.05, 3.63) is 36.9 Å². The monoisotopic (exact) mass is 285 g/mol. The molecule has 3 heterocycles. The molecule has 0 unspecified atom stereocenters. The van der Waals surface area contributed by atoms with Gasteiger partial charge in [0.05, 0.1) is 12.0 Å². The van der Waals surface area contributed by atoms with E-state index in [9.17, 15) is 0 Å². The standard InChI is InChI=1S/C13H11N5OS/c1-20-13-15-5-4-9(17-13)8-7-16-12(14)18-11(8)10-3-2-6-19-10/h2-7H,1H3,(H2,14,16,18). The fourth-order valence-corrected chi connectivity index (χ4v) is 2.13. The van der Waals surface area contributed by atoms with Gasteiger partial charge in [-0.2, -0.15) is 0 Å². The highest BCUT2D eigenvalue weighted by molar-refractivity contribution is 7.98. The lowest BCUT2D eigenvalue weighted by atomic mass is 10.1. The maximum atomic E-state index is 5.67. The van der Waals surface area contributed by atoms with Crippen molar-refractivity contribution in [2.24, 2.45) is 0 Å². The van der Waals surface area contributed by atoms with Crippen LogP contribution in [0.25, 0.3) is 22.7 Å². The molecule has 3 aromatic heterocycles. The van der Waals surface area contributed by atoms with E-state index >= 15 is 0 Å². The Balaban J connectivity index is 2.18. The van der Waals surface area contributed by atoms with Crippen molar-refractivity contribution >= 4 is 17.7 Å². The van der Waals surface area contributed by atoms with Crippen molar-refractivity contribution in [3.8, 4) is 22.7 Å². The highest BCUT2D eigenvalue weighted by atomic mass is 32.2. The molecule has 0 aromatic carbocycles. The van der Waals surface area contributed by atoms with Crippen LogP contribution < -0.4 is 5.73 Å². The molecule has 0 saturated carbocycles. The molecule has 7 heteroatoms. The fourth-order valence-electron chi connectivity index (χ4n) is 1.77. The minimum absolute atomic E-state index is 0.194. The summed E-state index contributed by atoms with van der Waals surface area (Å²) in [6, 6.07) is 5.42. The van der Waals surface area contributed by atoms with E-state index in [1.54, 1.807) is 30.8 Å². The first-order chi connectivity index (χ1) is 9.78. The van der Waals surface area contributed by atoms with Crippen LogP contribution in [0.2, 0.25) is 0 Å². The number of aromatic nitrogens is 4. The molecule has 0 aliphatic rings. The summed E-state index contributed by atoms with van der Waals surface area (Å²) in [6.07, 6.45) is 6.86. The Bertz CT molecular complexity index is 729. The number of nitrogens with two attached hydrogens (primary N) is 1. The highest BCUT2D eigenvalue weighted by Gasteiger charge is 2.14. The van der Waals surface area contributed by atoms with Crippen molar-refractivity contribution in [2.75, 3.05) is 12.0 Å². The number of anilines is 1. The van der Waals surface area contributed by atoms with E-state index in [1.807, 2.05) is 12.3 Å². The van der Waals surface area contributed by atoms with E-state index in [2.05, 4.69) is 19.9 Å². The SMILES string of the molecule is CSc1nccc(-c2cnc(N)nc2-c2ccco2)n1. The fraction of sp³-hybridized carbons (Fsp3) is 0.0769. The van der Waals surface area contributed by atoms with Gasteiger partial charge in [-0.15, -0.1) is 0 Å². The van der Waals surface area contributed by atoms with Crippen LogP contribution in [0.5, 0.6) is 0 Å². The van der Waals surface area contributed by atoms with Gasteiger partial charge in [0.2, 0.25) is 5.95 Å². The molecule has 0 atom stereocenters. The summed E-state index contributed by atoms with van der Waals surface area (Å²) in [6.45, 7) is 0. The Morgan fingerprint density at radius 3 is 2.85 bits per heavy atom. The number of hydrogen-bond acceptors (Lipinski definition) is 7. The summed E-state index contributed by atoms with van der Waals surface area (Å²) in [4.78, 5) is 16.9. The number of thioether (sulfide) groups is 1. The van der Waals surface area contributed by atoms with Crippen LogP contribution in [-0.2, 0) is 0 Å². The van der Waals surface area contributed by atoms with E-state index in [4.69, 9.17) is 10.2 Å². The van der Waals surface area contributed by atoms with E-state index in [-0.39, 0.29) is 5.95 Å². The first kappa shape index (κ1) is 12.6. The normalized spacial score (nSPS) is 10.7. The third-order valence-corrected chi connectivity index (χ3v) is 3.22. The summed E-state index contributed by atoms with van der Waals surface area (Å²) in [7, 11) is 0. The molecule has 3 aromatic rings. The smallest absolute Gasteiger partial charge is 0.220 e. The van der Waals surface area contributed by atoms with Crippen LogP contribution in [-0.4, -0.2) is 26.2 Å². The number of nitrogen functional groups attached to an aromatic ring is 1. The number of furan rings is 1. The molecule has 0 bridgehead atoms. The molecule has 0 aliphatic heterocycles. The van der Waals surface area contributed by atoms with Gasteiger partial charge in [0, 0.05) is 18.0 Å². The Kier molecular flexibility index (Phi) is 3.34. The van der Waals surface area contributed by atoms with Gasteiger partial charge in [0.1, 0.15) is 5.69 Å². The predicted molar refractivity (Wildman–Crippen MR) is 77.0 cm³/mol. The van der Waals surface area contributed by atoms with E-state index < -0.39 is 0 Å². The number of nitrogens with zero attached hydrogens (tertiary/aromatic N) is 4. The van der Waals surface area contributed by atoms with Gasteiger partial charge >= 0.3 is 0 Å². The molecule has 2 N–H and O–H groups in total. The first-order valence-electron chi connectivity index (χ1n) is 5.81. The zero-order valence-corrected chi connectivity index (χ0v) is 11.5. The highest BCUT2D eigenvalue weighted by Crippen LogP contribution is 2.29. The zero-order valence-electron chi connectivity index (χ0n) is 10.6. The maximum absolute atomic E-state index is 5.67. The Morgan fingerprint density at radius 1 is 1.20 bits per heavy atom. The topological polar surface area (TPSA) is 90.7 Å². The van der Waals surface area contributed by atoms with Crippen molar-refractivity contribution in [2.45, 2.75) is 5.16 Å². The second-order valence-electron chi connectivity index (χ2n) is 3.90. The summed E-state index contributed by atoms with van der Waals surface area (Å²) >= 11 is 1.47. The van der Waals surface area contributed by atoms with Crippen LogP contribution in [0.1, 0.15) is 0 Å². The third-order valence-electron chi connectivity index (χ3n) is 2.65. The van der Waals surface area contributed by atoms with Gasteiger partial charge in [-0.3, -0.25) is 0 Å². The second-order valence-corrected chi connectivity index (χ2v) is 4.67. The summed E-state index contributed by atoms with van der Waals surface area (Å²) in [5.74, 6) is 0.817. The van der Waals surface area contributed by atoms with Crippen LogP contribution >= 0.6 is 11.8 Å². The van der Waals surface area contributed by atoms with Gasteiger partial charge in [0.15, 0.2) is 10.9 Å². The molecule has 0 amide bonds. The molecule has 3 rings (SSSR count). The van der Waals surface area contributed by atoms with Gasteiger partial charge in [-0.05, 0) is 24.5 Å². The average Bonchev–Trinajstić information content (AvgIpc) is 3.01. The molecule has 0 aliphatic carbocycles. The van der Waals surface area contributed by atoms with Crippen LogP contribution in [0.4, 0.5) is 5.95 Å². The van der Waals surface area contributed by atoms with E-state index in [1.165, 1.54) is 11.8 Å². The predicted octanol–water partition coefficient (Wildman–Crippen LogP) is 2.50. The Hall–Kier alpha value is -2.41. The average molecular weight is 285 g/mol.